The fourth-order valence-electron chi connectivity index (χ4n) is 0.610. The van der Waals surface area contributed by atoms with Crippen LogP contribution in [0.4, 0.5) is 0 Å². The van der Waals surface area contributed by atoms with Crippen molar-refractivity contribution in [2.75, 3.05) is 6.26 Å². The fourth-order valence-corrected chi connectivity index (χ4v) is 1.20. The SMILES string of the molecule is CS(=O)(=O)c1cncc(O)c1. The van der Waals surface area contributed by atoms with Crippen LogP contribution in [-0.2, 0) is 9.84 Å². The van der Waals surface area contributed by atoms with Crippen LogP contribution in [0.2, 0.25) is 0 Å². The Morgan fingerprint density at radius 1 is 1.45 bits per heavy atom. The topological polar surface area (TPSA) is 67.3 Å². The average Bonchev–Trinajstić information content (AvgIpc) is 1.86. The van der Waals surface area contributed by atoms with Crippen LogP contribution in [0.1, 0.15) is 0 Å². The summed E-state index contributed by atoms with van der Waals surface area (Å²) in [6.45, 7) is 0. The molecule has 0 atom stereocenters. The highest BCUT2D eigenvalue weighted by molar-refractivity contribution is 7.90. The lowest BCUT2D eigenvalue weighted by molar-refractivity contribution is 0.470. The Bertz CT molecular complexity index is 358. The highest BCUT2D eigenvalue weighted by atomic mass is 32.2. The second-order valence-corrected chi connectivity index (χ2v) is 4.17. The fraction of sp³-hybridized carbons (Fsp3) is 0.167. The van der Waals surface area contributed by atoms with E-state index >= 15 is 0 Å². The highest BCUT2D eigenvalue weighted by Gasteiger charge is 2.06. The van der Waals surface area contributed by atoms with E-state index in [0.29, 0.717) is 0 Å². The summed E-state index contributed by atoms with van der Waals surface area (Å²) >= 11 is 0. The first-order valence-corrected chi connectivity index (χ1v) is 4.73. The Hall–Kier alpha value is -1.10. The molecule has 1 heterocycles. The minimum absolute atomic E-state index is 0.0255. The first kappa shape index (κ1) is 8.00. The van der Waals surface area contributed by atoms with Crippen LogP contribution in [0.25, 0.3) is 0 Å². The van der Waals surface area contributed by atoms with Gasteiger partial charge < -0.3 is 5.11 Å². The molecule has 0 saturated carbocycles. The maximum atomic E-state index is 10.8. The monoisotopic (exact) mass is 173 g/mol. The lowest BCUT2D eigenvalue weighted by Crippen LogP contribution is -1.96. The second-order valence-electron chi connectivity index (χ2n) is 2.15. The van der Waals surface area contributed by atoms with Gasteiger partial charge in [-0.2, -0.15) is 0 Å². The number of sulfone groups is 1. The number of nitrogens with zero attached hydrogens (tertiary/aromatic N) is 1. The van der Waals surface area contributed by atoms with E-state index in [1.807, 2.05) is 0 Å². The van der Waals surface area contributed by atoms with Crippen molar-refractivity contribution in [3.8, 4) is 5.75 Å². The lowest BCUT2D eigenvalue weighted by Gasteiger charge is -1.96. The third-order valence-corrected chi connectivity index (χ3v) is 2.21. The Labute approximate surface area is 64.4 Å². The van der Waals surface area contributed by atoms with Gasteiger partial charge in [-0.25, -0.2) is 8.42 Å². The summed E-state index contributed by atoms with van der Waals surface area (Å²) in [6, 6.07) is 1.16. The van der Waals surface area contributed by atoms with Crippen molar-refractivity contribution >= 4 is 9.84 Å². The molecule has 1 aromatic rings. The van der Waals surface area contributed by atoms with Gasteiger partial charge in [0.05, 0.1) is 11.1 Å². The van der Waals surface area contributed by atoms with Crippen molar-refractivity contribution in [2.45, 2.75) is 4.90 Å². The molecule has 5 heteroatoms. The van der Waals surface area contributed by atoms with E-state index in [2.05, 4.69) is 4.98 Å². The van der Waals surface area contributed by atoms with E-state index in [1.54, 1.807) is 0 Å². The maximum absolute atomic E-state index is 10.8. The summed E-state index contributed by atoms with van der Waals surface area (Å²) in [7, 11) is -3.25. The summed E-state index contributed by atoms with van der Waals surface area (Å²) in [5, 5.41) is 8.85. The molecule has 11 heavy (non-hydrogen) atoms. The molecule has 0 aliphatic carbocycles. The normalized spacial score (nSPS) is 11.4. The minimum atomic E-state index is -3.25. The van der Waals surface area contributed by atoms with Crippen LogP contribution in [-0.4, -0.2) is 24.8 Å². The predicted octanol–water partition coefficient (Wildman–Crippen LogP) is 0.191. The van der Waals surface area contributed by atoms with Gasteiger partial charge in [0.2, 0.25) is 0 Å². The van der Waals surface area contributed by atoms with Gasteiger partial charge in [0.15, 0.2) is 9.84 Å². The van der Waals surface area contributed by atoms with E-state index in [1.165, 1.54) is 12.4 Å². The van der Waals surface area contributed by atoms with Crippen LogP contribution in [0.5, 0.6) is 5.75 Å². The molecule has 1 aromatic heterocycles. The van der Waals surface area contributed by atoms with Crippen LogP contribution < -0.4 is 0 Å². The molecule has 0 bridgehead atoms. The van der Waals surface area contributed by atoms with Gasteiger partial charge in [0.1, 0.15) is 5.75 Å². The number of aromatic nitrogens is 1. The molecule has 1 rings (SSSR count). The van der Waals surface area contributed by atoms with Gasteiger partial charge in [0, 0.05) is 18.5 Å². The summed E-state index contributed by atoms with van der Waals surface area (Å²) in [4.78, 5) is 3.55. The van der Waals surface area contributed by atoms with Gasteiger partial charge in [-0.15, -0.1) is 0 Å². The maximum Gasteiger partial charge on any atom is 0.177 e. The second kappa shape index (κ2) is 2.50. The molecule has 0 aromatic carbocycles. The minimum Gasteiger partial charge on any atom is -0.506 e. The van der Waals surface area contributed by atoms with Crippen LogP contribution in [0.15, 0.2) is 23.4 Å². The van der Waals surface area contributed by atoms with E-state index in [0.717, 1.165) is 12.3 Å². The lowest BCUT2D eigenvalue weighted by atomic mass is 10.5. The molecule has 0 amide bonds. The molecule has 60 valence electrons. The van der Waals surface area contributed by atoms with Crippen molar-refractivity contribution in [1.82, 2.24) is 4.98 Å². The van der Waals surface area contributed by atoms with Gasteiger partial charge in [0.25, 0.3) is 0 Å². The molecule has 0 unspecified atom stereocenters. The van der Waals surface area contributed by atoms with E-state index in [9.17, 15) is 8.42 Å². The summed E-state index contributed by atoms with van der Waals surface area (Å²) < 4.78 is 21.7. The van der Waals surface area contributed by atoms with Crippen molar-refractivity contribution in [2.24, 2.45) is 0 Å². The largest absolute Gasteiger partial charge is 0.506 e. The summed E-state index contributed by atoms with van der Waals surface area (Å²) in [6.07, 6.45) is 3.42. The van der Waals surface area contributed by atoms with Gasteiger partial charge in [-0.05, 0) is 0 Å². The third-order valence-electron chi connectivity index (χ3n) is 1.13. The van der Waals surface area contributed by atoms with Gasteiger partial charge in [-0.3, -0.25) is 4.98 Å². The van der Waals surface area contributed by atoms with Crippen molar-refractivity contribution in [3.05, 3.63) is 18.5 Å². The standard InChI is InChI=1S/C6H7NO3S/c1-11(9,10)6-2-5(8)3-7-4-6/h2-4,8H,1H3. The van der Waals surface area contributed by atoms with Crippen molar-refractivity contribution in [3.63, 3.8) is 0 Å². The summed E-state index contributed by atoms with van der Waals surface area (Å²) in [5.74, 6) is -0.145. The number of pyridine rings is 1. The van der Waals surface area contributed by atoms with Gasteiger partial charge >= 0.3 is 0 Å². The Morgan fingerprint density at radius 2 is 2.09 bits per heavy atom. The molecule has 0 radical (unpaired) electrons. The number of hydrogen-bond donors (Lipinski definition) is 1. The quantitative estimate of drug-likeness (QED) is 0.658. The number of hydrogen-bond acceptors (Lipinski definition) is 4. The molecule has 0 spiro atoms. The molecule has 0 aliphatic rings. The van der Waals surface area contributed by atoms with E-state index in [-0.39, 0.29) is 10.6 Å². The summed E-state index contributed by atoms with van der Waals surface area (Å²) in [5.41, 5.74) is 0. The highest BCUT2D eigenvalue weighted by Crippen LogP contribution is 2.12. The Kier molecular flexibility index (Phi) is 1.82. The first-order valence-electron chi connectivity index (χ1n) is 2.84. The zero-order valence-corrected chi connectivity index (χ0v) is 6.67. The van der Waals surface area contributed by atoms with Crippen molar-refractivity contribution < 1.29 is 13.5 Å². The molecule has 4 nitrogen and oxygen atoms in total. The molecule has 1 N–H and O–H groups in total. The molecular weight excluding hydrogens is 166 g/mol. The zero-order chi connectivity index (χ0) is 8.48. The number of aromatic hydroxyl groups is 1. The van der Waals surface area contributed by atoms with Gasteiger partial charge in [-0.1, -0.05) is 0 Å². The van der Waals surface area contributed by atoms with Crippen LogP contribution in [0, 0.1) is 0 Å². The molecule has 0 fully saturated rings. The first-order chi connectivity index (χ1) is 5.00. The van der Waals surface area contributed by atoms with Crippen LogP contribution >= 0.6 is 0 Å². The number of rotatable bonds is 1. The Balaban J connectivity index is 3.28. The molecular formula is C6H7NO3S. The average molecular weight is 173 g/mol. The molecule has 0 saturated heterocycles. The van der Waals surface area contributed by atoms with E-state index in [4.69, 9.17) is 5.11 Å². The molecule has 0 aliphatic heterocycles. The zero-order valence-electron chi connectivity index (χ0n) is 5.85. The predicted molar refractivity (Wildman–Crippen MR) is 39.0 cm³/mol. The van der Waals surface area contributed by atoms with Crippen molar-refractivity contribution in [1.29, 1.82) is 0 Å². The van der Waals surface area contributed by atoms with Crippen LogP contribution in [0.3, 0.4) is 0 Å². The smallest absolute Gasteiger partial charge is 0.177 e. The Morgan fingerprint density at radius 3 is 2.45 bits per heavy atom. The van der Waals surface area contributed by atoms with E-state index < -0.39 is 9.84 Å². The third kappa shape index (κ3) is 1.91.